The molecule has 0 rings (SSSR count). The van der Waals surface area contributed by atoms with Crippen molar-refractivity contribution in [3.05, 3.63) is 36.6 Å². The van der Waals surface area contributed by atoms with Gasteiger partial charge in [0.25, 0.3) is 0 Å². The van der Waals surface area contributed by atoms with Crippen LogP contribution in [0.15, 0.2) is 36.6 Å². The van der Waals surface area contributed by atoms with E-state index >= 15 is 0 Å². The molecule has 0 radical (unpaired) electrons. The van der Waals surface area contributed by atoms with Crippen LogP contribution in [0.1, 0.15) is 27.2 Å². The minimum absolute atomic E-state index is 0.453. The second-order valence-corrected chi connectivity index (χ2v) is 2.90. The van der Waals surface area contributed by atoms with Crippen molar-refractivity contribution < 1.29 is 17.9 Å². The van der Waals surface area contributed by atoms with Crippen molar-refractivity contribution in [2.75, 3.05) is 0 Å². The molecule has 0 aliphatic carbocycles. The molecule has 0 heterocycles. The minimum Gasteiger partial charge on any atom is -0.406 e. The molecule has 1 nitrogen and oxygen atoms in total. The molecule has 4 heteroatoms. The molecule has 0 atom stereocenters. The van der Waals surface area contributed by atoms with Crippen molar-refractivity contribution >= 4 is 0 Å². The van der Waals surface area contributed by atoms with E-state index in [4.69, 9.17) is 0 Å². The molecule has 88 valence electrons. The van der Waals surface area contributed by atoms with E-state index in [1.165, 1.54) is 12.5 Å². The lowest BCUT2D eigenvalue weighted by Gasteiger charge is -2.07. The van der Waals surface area contributed by atoms with Crippen LogP contribution in [-0.2, 0) is 4.74 Å². The first-order valence-electron chi connectivity index (χ1n) is 4.51. The average molecular weight is 222 g/mol. The highest BCUT2D eigenvalue weighted by atomic mass is 19.4. The Morgan fingerprint density at radius 1 is 1.20 bits per heavy atom. The molecule has 0 saturated carbocycles. The first kappa shape index (κ1) is 16.2. The highest BCUT2D eigenvalue weighted by Gasteiger charge is 2.30. The Balaban J connectivity index is 0. The zero-order chi connectivity index (χ0) is 12.5. The van der Waals surface area contributed by atoms with E-state index < -0.39 is 12.1 Å². The Kier molecular flexibility index (Phi) is 8.82. The fraction of sp³-hybridized carbons (Fsp3) is 0.455. The van der Waals surface area contributed by atoms with Gasteiger partial charge in [0.1, 0.15) is 5.76 Å². The molecule has 0 aromatic rings. The molecule has 15 heavy (non-hydrogen) atoms. The van der Waals surface area contributed by atoms with E-state index in [0.29, 0.717) is 5.57 Å². The van der Waals surface area contributed by atoms with Crippen molar-refractivity contribution in [3.63, 3.8) is 0 Å². The summed E-state index contributed by atoms with van der Waals surface area (Å²) in [5.74, 6) is -0.453. The highest BCUT2D eigenvalue weighted by molar-refractivity contribution is 5.19. The number of allylic oxidation sites excluding steroid dienone is 3. The first-order chi connectivity index (χ1) is 6.72. The predicted molar refractivity (Wildman–Crippen MR) is 56.2 cm³/mol. The van der Waals surface area contributed by atoms with E-state index in [9.17, 15) is 13.2 Å². The molecular weight excluding hydrogens is 205 g/mol. The standard InChI is InChI=1S/C8H9F3O.C3H8/c1-6(2)4-5-7(3)12-8(9,10)11;1-3-2/h4-5H,1,3H2,2H3;3H2,1-2H3/b5-4-;. The van der Waals surface area contributed by atoms with Crippen LogP contribution >= 0.6 is 0 Å². The first-order valence-corrected chi connectivity index (χ1v) is 4.51. The number of alkyl halides is 3. The molecule has 0 aliphatic heterocycles. The fourth-order valence-corrected chi connectivity index (χ4v) is 0.418. The molecule has 0 spiro atoms. The molecule has 0 fully saturated rings. The Hall–Kier alpha value is -1.19. The van der Waals surface area contributed by atoms with Gasteiger partial charge in [-0.05, 0) is 13.0 Å². The maximum atomic E-state index is 11.5. The van der Waals surface area contributed by atoms with E-state index in [0.717, 1.165) is 6.08 Å². The second kappa shape index (κ2) is 8.15. The molecule has 0 aromatic heterocycles. The summed E-state index contributed by atoms with van der Waals surface area (Å²) in [6.45, 7) is 12.4. The van der Waals surface area contributed by atoms with Gasteiger partial charge < -0.3 is 4.74 Å². The van der Waals surface area contributed by atoms with Crippen molar-refractivity contribution in [2.24, 2.45) is 0 Å². The molecule has 0 amide bonds. The molecule has 0 aliphatic rings. The molecule has 0 bridgehead atoms. The SMILES string of the molecule is C=C(C)/C=C\C(=C)OC(F)(F)F.CCC. The van der Waals surface area contributed by atoms with Crippen LogP contribution in [0.4, 0.5) is 13.2 Å². The van der Waals surface area contributed by atoms with Crippen LogP contribution in [-0.4, -0.2) is 6.36 Å². The van der Waals surface area contributed by atoms with Crippen LogP contribution in [0, 0.1) is 0 Å². The number of rotatable bonds is 3. The van der Waals surface area contributed by atoms with Gasteiger partial charge in [-0.2, -0.15) is 0 Å². The summed E-state index contributed by atoms with van der Waals surface area (Å²) < 4.78 is 37.9. The summed E-state index contributed by atoms with van der Waals surface area (Å²) in [5, 5.41) is 0. The number of ether oxygens (including phenoxy) is 1. The number of hydrogen-bond donors (Lipinski definition) is 0. The highest BCUT2D eigenvalue weighted by Crippen LogP contribution is 2.20. The Bertz CT molecular complexity index is 226. The van der Waals surface area contributed by atoms with Crippen LogP contribution < -0.4 is 0 Å². The Morgan fingerprint density at radius 2 is 1.60 bits per heavy atom. The van der Waals surface area contributed by atoms with Gasteiger partial charge in [-0.15, -0.1) is 13.2 Å². The van der Waals surface area contributed by atoms with Gasteiger partial charge in [0, 0.05) is 0 Å². The fourth-order valence-electron chi connectivity index (χ4n) is 0.418. The van der Waals surface area contributed by atoms with Crippen molar-refractivity contribution in [3.8, 4) is 0 Å². The van der Waals surface area contributed by atoms with Gasteiger partial charge in [0.05, 0.1) is 0 Å². The third kappa shape index (κ3) is 19.3. The van der Waals surface area contributed by atoms with E-state index in [-0.39, 0.29) is 0 Å². The quantitative estimate of drug-likeness (QED) is 0.501. The Labute approximate surface area is 88.9 Å². The zero-order valence-electron chi connectivity index (χ0n) is 9.32. The summed E-state index contributed by atoms with van der Waals surface area (Å²) in [6, 6.07) is 0. The summed E-state index contributed by atoms with van der Waals surface area (Å²) >= 11 is 0. The predicted octanol–water partition coefficient (Wildman–Crippen LogP) is 4.59. The maximum absolute atomic E-state index is 11.5. The molecule has 0 N–H and O–H groups in total. The Morgan fingerprint density at radius 3 is 1.87 bits per heavy atom. The lowest BCUT2D eigenvalue weighted by atomic mass is 10.3. The average Bonchev–Trinajstić information content (AvgIpc) is 1.99. The lowest BCUT2D eigenvalue weighted by Crippen LogP contribution is -2.11. The lowest BCUT2D eigenvalue weighted by molar-refractivity contribution is -0.303. The zero-order valence-corrected chi connectivity index (χ0v) is 9.32. The van der Waals surface area contributed by atoms with Gasteiger partial charge in [0.2, 0.25) is 0 Å². The van der Waals surface area contributed by atoms with Gasteiger partial charge in [0.15, 0.2) is 0 Å². The van der Waals surface area contributed by atoms with Gasteiger partial charge in [-0.1, -0.05) is 45.1 Å². The van der Waals surface area contributed by atoms with E-state index in [2.05, 4.69) is 31.7 Å². The number of halogens is 3. The summed E-state index contributed by atoms with van der Waals surface area (Å²) in [5.41, 5.74) is 0.627. The van der Waals surface area contributed by atoms with Crippen molar-refractivity contribution in [2.45, 2.75) is 33.6 Å². The summed E-state index contributed by atoms with van der Waals surface area (Å²) in [7, 11) is 0. The van der Waals surface area contributed by atoms with Crippen molar-refractivity contribution in [1.82, 2.24) is 0 Å². The smallest absolute Gasteiger partial charge is 0.406 e. The largest absolute Gasteiger partial charge is 0.573 e. The number of hydrogen-bond acceptors (Lipinski definition) is 1. The van der Waals surface area contributed by atoms with Crippen molar-refractivity contribution in [1.29, 1.82) is 0 Å². The molecule has 0 unspecified atom stereocenters. The maximum Gasteiger partial charge on any atom is 0.573 e. The monoisotopic (exact) mass is 222 g/mol. The molecular formula is C11H17F3O. The third-order valence-electron chi connectivity index (χ3n) is 0.801. The molecule has 0 saturated heterocycles. The van der Waals surface area contributed by atoms with E-state index in [1.807, 2.05) is 0 Å². The normalized spacial score (nSPS) is 10.5. The summed E-state index contributed by atoms with van der Waals surface area (Å²) in [6.07, 6.45) is -0.930. The van der Waals surface area contributed by atoms with Gasteiger partial charge in [-0.3, -0.25) is 0 Å². The van der Waals surface area contributed by atoms with Crippen LogP contribution in [0.5, 0.6) is 0 Å². The van der Waals surface area contributed by atoms with E-state index in [1.54, 1.807) is 6.92 Å². The molecule has 0 aromatic carbocycles. The van der Waals surface area contributed by atoms with Gasteiger partial charge >= 0.3 is 6.36 Å². The second-order valence-electron chi connectivity index (χ2n) is 2.90. The van der Waals surface area contributed by atoms with Crippen LogP contribution in [0.25, 0.3) is 0 Å². The van der Waals surface area contributed by atoms with Crippen LogP contribution in [0.2, 0.25) is 0 Å². The minimum atomic E-state index is -4.67. The van der Waals surface area contributed by atoms with Crippen LogP contribution in [0.3, 0.4) is 0 Å². The topological polar surface area (TPSA) is 9.23 Å². The third-order valence-corrected chi connectivity index (χ3v) is 0.801. The summed E-state index contributed by atoms with van der Waals surface area (Å²) in [4.78, 5) is 0. The van der Waals surface area contributed by atoms with Gasteiger partial charge in [-0.25, -0.2) is 0 Å².